The van der Waals surface area contributed by atoms with Crippen LogP contribution in [0.2, 0.25) is 0 Å². The fourth-order valence-corrected chi connectivity index (χ4v) is 2.82. The predicted molar refractivity (Wildman–Crippen MR) is 81.8 cm³/mol. The molecule has 0 bridgehead atoms. The third-order valence-corrected chi connectivity index (χ3v) is 4.86. The number of β-amino-alcohol motifs (C(OH)–C–C–N with tert-alkyl or cyclic N) is 1. The number of aliphatic hydroxyl groups is 2. The van der Waals surface area contributed by atoms with Crippen LogP contribution >= 0.6 is 0 Å². The van der Waals surface area contributed by atoms with E-state index in [1.165, 1.54) is 12.8 Å². The molecular weight excluding hydrogens is 254 g/mol. The normalized spacial score (nSPS) is 25.6. The van der Waals surface area contributed by atoms with Crippen LogP contribution in [-0.4, -0.2) is 47.7 Å². The molecule has 0 radical (unpaired) electrons. The number of ether oxygens (including phenoxy) is 1. The summed E-state index contributed by atoms with van der Waals surface area (Å²) in [6.07, 6.45) is 6.23. The Kier molecular flexibility index (Phi) is 8.03. The van der Waals surface area contributed by atoms with Crippen molar-refractivity contribution < 1.29 is 14.9 Å². The molecule has 0 aromatic heterocycles. The minimum absolute atomic E-state index is 0.105. The molecule has 120 valence electrons. The van der Waals surface area contributed by atoms with Gasteiger partial charge in [-0.15, -0.1) is 0 Å². The third-order valence-electron chi connectivity index (χ3n) is 4.86. The van der Waals surface area contributed by atoms with Gasteiger partial charge >= 0.3 is 0 Å². The van der Waals surface area contributed by atoms with Crippen molar-refractivity contribution in [1.29, 1.82) is 0 Å². The molecular formula is C16H33NO3. The number of rotatable bonds is 9. The zero-order chi connectivity index (χ0) is 15.0. The number of nitrogens with one attached hydrogen (secondary N) is 1. The van der Waals surface area contributed by atoms with E-state index < -0.39 is 6.10 Å². The smallest absolute Gasteiger partial charge is 0.0898 e. The molecule has 1 aliphatic rings. The van der Waals surface area contributed by atoms with Crippen molar-refractivity contribution in [3.05, 3.63) is 0 Å². The lowest BCUT2D eigenvalue weighted by Crippen LogP contribution is -2.50. The van der Waals surface area contributed by atoms with Gasteiger partial charge in [0.05, 0.1) is 25.4 Å². The van der Waals surface area contributed by atoms with Crippen LogP contribution in [0.15, 0.2) is 0 Å². The second-order valence-electron chi connectivity index (χ2n) is 6.40. The summed E-state index contributed by atoms with van der Waals surface area (Å²) in [5, 5.41) is 22.8. The van der Waals surface area contributed by atoms with E-state index >= 15 is 0 Å². The summed E-state index contributed by atoms with van der Waals surface area (Å²) in [6, 6.07) is 0. The Labute approximate surface area is 123 Å². The van der Waals surface area contributed by atoms with Gasteiger partial charge in [-0.05, 0) is 44.4 Å². The van der Waals surface area contributed by atoms with E-state index in [-0.39, 0.29) is 12.1 Å². The Balaban J connectivity index is 2.21. The van der Waals surface area contributed by atoms with Crippen molar-refractivity contribution in [3.63, 3.8) is 0 Å². The first kappa shape index (κ1) is 17.9. The van der Waals surface area contributed by atoms with E-state index in [9.17, 15) is 10.2 Å². The fourth-order valence-electron chi connectivity index (χ4n) is 2.82. The molecule has 0 aromatic rings. The van der Waals surface area contributed by atoms with E-state index in [1.54, 1.807) is 0 Å². The number of hydrogen-bond acceptors (Lipinski definition) is 4. The van der Waals surface area contributed by atoms with Gasteiger partial charge in [0, 0.05) is 12.1 Å². The van der Waals surface area contributed by atoms with E-state index in [0.29, 0.717) is 19.3 Å². The topological polar surface area (TPSA) is 61.7 Å². The Morgan fingerprint density at radius 3 is 2.30 bits per heavy atom. The monoisotopic (exact) mass is 287 g/mol. The summed E-state index contributed by atoms with van der Waals surface area (Å²) in [6.45, 7) is 7.37. The second-order valence-corrected chi connectivity index (χ2v) is 6.40. The molecule has 0 amide bonds. The van der Waals surface area contributed by atoms with Gasteiger partial charge in [-0.2, -0.15) is 0 Å². The van der Waals surface area contributed by atoms with E-state index in [4.69, 9.17) is 4.74 Å². The molecule has 1 aliphatic carbocycles. The Morgan fingerprint density at radius 1 is 1.20 bits per heavy atom. The highest BCUT2D eigenvalue weighted by molar-refractivity contribution is 4.85. The van der Waals surface area contributed by atoms with Crippen molar-refractivity contribution in [3.8, 4) is 0 Å². The largest absolute Gasteiger partial charge is 0.394 e. The highest BCUT2D eigenvalue weighted by atomic mass is 16.5. The maximum absolute atomic E-state index is 10.0. The Morgan fingerprint density at radius 2 is 1.80 bits per heavy atom. The maximum Gasteiger partial charge on any atom is 0.0898 e. The van der Waals surface area contributed by atoms with Gasteiger partial charge in [-0.3, -0.25) is 0 Å². The summed E-state index contributed by atoms with van der Waals surface area (Å²) >= 11 is 0. The van der Waals surface area contributed by atoms with Crippen LogP contribution in [0.3, 0.4) is 0 Å². The molecule has 1 fully saturated rings. The van der Waals surface area contributed by atoms with Crippen LogP contribution in [0, 0.1) is 5.92 Å². The minimum atomic E-state index is -0.502. The van der Waals surface area contributed by atoms with Gasteiger partial charge in [0.2, 0.25) is 0 Å². The highest BCUT2D eigenvalue weighted by Crippen LogP contribution is 2.25. The summed E-state index contributed by atoms with van der Waals surface area (Å²) in [7, 11) is 0. The van der Waals surface area contributed by atoms with Gasteiger partial charge in [-0.1, -0.05) is 20.8 Å². The van der Waals surface area contributed by atoms with Crippen molar-refractivity contribution in [2.24, 2.45) is 5.92 Å². The van der Waals surface area contributed by atoms with Crippen LogP contribution in [0.4, 0.5) is 0 Å². The van der Waals surface area contributed by atoms with Crippen LogP contribution < -0.4 is 5.32 Å². The summed E-state index contributed by atoms with van der Waals surface area (Å²) in [4.78, 5) is 0. The lowest BCUT2D eigenvalue weighted by Gasteiger charge is -2.32. The lowest BCUT2D eigenvalue weighted by molar-refractivity contribution is -0.0308. The quantitative estimate of drug-likeness (QED) is 0.607. The minimum Gasteiger partial charge on any atom is -0.394 e. The SMILES string of the molecule is CCC(CC)(CO)NCC(O)COC1CCC(C)CC1. The van der Waals surface area contributed by atoms with Crippen LogP contribution in [-0.2, 0) is 4.74 Å². The number of aliphatic hydroxyl groups excluding tert-OH is 2. The van der Waals surface area contributed by atoms with Gasteiger partial charge in [-0.25, -0.2) is 0 Å². The van der Waals surface area contributed by atoms with Gasteiger partial charge in [0.1, 0.15) is 0 Å². The first-order valence-electron chi connectivity index (χ1n) is 8.20. The van der Waals surface area contributed by atoms with E-state index in [0.717, 1.165) is 31.6 Å². The zero-order valence-corrected chi connectivity index (χ0v) is 13.4. The Bertz CT molecular complexity index is 240. The van der Waals surface area contributed by atoms with E-state index in [1.807, 2.05) is 0 Å². The standard InChI is InChI=1S/C16H33NO3/c1-4-16(5-2,12-18)17-10-14(19)11-20-15-8-6-13(3)7-9-15/h13-15,17-19H,4-12H2,1-3H3. The fraction of sp³-hybridized carbons (Fsp3) is 1.00. The first-order chi connectivity index (χ1) is 9.55. The molecule has 4 heteroatoms. The van der Waals surface area contributed by atoms with Crippen LogP contribution in [0.5, 0.6) is 0 Å². The number of hydrogen-bond donors (Lipinski definition) is 3. The first-order valence-corrected chi connectivity index (χ1v) is 8.20. The molecule has 0 spiro atoms. The molecule has 1 unspecified atom stereocenters. The maximum atomic E-state index is 10.0. The molecule has 3 N–H and O–H groups in total. The highest BCUT2D eigenvalue weighted by Gasteiger charge is 2.25. The molecule has 1 rings (SSSR count). The average Bonchev–Trinajstić information content (AvgIpc) is 2.48. The molecule has 1 atom stereocenters. The summed E-state index contributed by atoms with van der Waals surface area (Å²) in [5.41, 5.74) is -0.263. The molecule has 0 heterocycles. The van der Waals surface area contributed by atoms with Crippen molar-refractivity contribution in [2.75, 3.05) is 19.8 Å². The van der Waals surface area contributed by atoms with Gasteiger partial charge in [0.25, 0.3) is 0 Å². The average molecular weight is 287 g/mol. The van der Waals surface area contributed by atoms with Crippen LogP contribution in [0.1, 0.15) is 59.3 Å². The van der Waals surface area contributed by atoms with Crippen molar-refractivity contribution in [2.45, 2.75) is 77.0 Å². The van der Waals surface area contributed by atoms with Gasteiger partial charge < -0.3 is 20.3 Å². The van der Waals surface area contributed by atoms with Gasteiger partial charge in [0.15, 0.2) is 0 Å². The second kappa shape index (κ2) is 8.98. The molecule has 0 aliphatic heterocycles. The van der Waals surface area contributed by atoms with Crippen LogP contribution in [0.25, 0.3) is 0 Å². The lowest BCUT2D eigenvalue weighted by atomic mass is 9.89. The molecule has 20 heavy (non-hydrogen) atoms. The van der Waals surface area contributed by atoms with Crippen molar-refractivity contribution in [1.82, 2.24) is 5.32 Å². The van der Waals surface area contributed by atoms with E-state index in [2.05, 4.69) is 26.1 Å². The molecule has 4 nitrogen and oxygen atoms in total. The predicted octanol–water partition coefficient (Wildman–Crippen LogP) is 2.08. The molecule has 0 aromatic carbocycles. The molecule has 0 saturated heterocycles. The summed E-state index contributed by atoms with van der Waals surface area (Å²) in [5.74, 6) is 0.820. The van der Waals surface area contributed by atoms with Crippen molar-refractivity contribution >= 4 is 0 Å². The Hall–Kier alpha value is -0.160. The zero-order valence-electron chi connectivity index (χ0n) is 13.4. The third kappa shape index (κ3) is 5.68. The summed E-state index contributed by atoms with van der Waals surface area (Å²) < 4.78 is 5.81. The molecule has 1 saturated carbocycles.